The number of thiophene rings is 1. The molecule has 0 aliphatic carbocycles. The van der Waals surface area contributed by atoms with E-state index in [4.69, 9.17) is 14.9 Å². The molecular formula is C23H29F3N4O5S2. The summed E-state index contributed by atoms with van der Waals surface area (Å²) in [4.78, 5) is 32.2. The van der Waals surface area contributed by atoms with Crippen LogP contribution in [0.1, 0.15) is 39.7 Å². The number of carbonyl (C=O) groups is 1. The maximum atomic E-state index is 13.2. The van der Waals surface area contributed by atoms with E-state index in [0.29, 0.717) is 25.1 Å². The number of aromatic nitrogens is 2. The van der Waals surface area contributed by atoms with Gasteiger partial charge in [-0.25, -0.2) is 18.2 Å². The second kappa shape index (κ2) is 10.1. The molecule has 5 rings (SSSR count). The lowest BCUT2D eigenvalue weighted by Crippen LogP contribution is -2.42. The van der Waals surface area contributed by atoms with E-state index in [2.05, 4.69) is 24.0 Å². The molecular weight excluding hydrogens is 533 g/mol. The zero-order chi connectivity index (χ0) is 27.2. The summed E-state index contributed by atoms with van der Waals surface area (Å²) in [7, 11) is -3.30. The molecule has 1 fully saturated rings. The first-order valence-corrected chi connectivity index (χ1v) is 14.5. The third-order valence-corrected chi connectivity index (χ3v) is 9.43. The summed E-state index contributed by atoms with van der Waals surface area (Å²) in [6, 6.07) is 4.41. The molecule has 37 heavy (non-hydrogen) atoms. The largest absolute Gasteiger partial charge is 0.490 e. The highest BCUT2D eigenvalue weighted by molar-refractivity contribution is 7.88. The molecule has 1 N–H and O–H groups in total. The number of carboxylic acids is 1. The molecule has 2 aromatic rings. The summed E-state index contributed by atoms with van der Waals surface area (Å²) in [5, 5.41) is 7.12. The number of sulfonamides is 1. The van der Waals surface area contributed by atoms with Gasteiger partial charge in [-0.05, 0) is 50.4 Å². The number of fused-ring (bicyclic) bond motifs is 2. The van der Waals surface area contributed by atoms with E-state index < -0.39 is 22.2 Å². The minimum atomic E-state index is -5.08. The topological polar surface area (TPSA) is 113 Å². The third kappa shape index (κ3) is 6.24. The van der Waals surface area contributed by atoms with Crippen molar-refractivity contribution in [3.05, 3.63) is 49.3 Å². The van der Waals surface area contributed by atoms with Gasteiger partial charge in [0.15, 0.2) is 0 Å². The molecule has 5 heterocycles. The number of likely N-dealkylation sites (tertiary alicyclic amines) is 1. The lowest BCUT2D eigenvalue weighted by atomic mass is 9.77. The van der Waals surface area contributed by atoms with Gasteiger partial charge in [0.2, 0.25) is 10.0 Å². The van der Waals surface area contributed by atoms with E-state index in [1.165, 1.54) is 20.3 Å². The number of carboxylic acid groups (broad SMARTS) is 1. The Morgan fingerprint density at radius 3 is 2.41 bits per heavy atom. The van der Waals surface area contributed by atoms with Crippen LogP contribution in [0.15, 0.2) is 16.9 Å². The second-order valence-electron chi connectivity index (χ2n) is 9.96. The number of hydrogen-bond acceptors (Lipinski definition) is 7. The Labute approximate surface area is 216 Å². The van der Waals surface area contributed by atoms with Crippen LogP contribution in [0.2, 0.25) is 0 Å². The molecule has 0 unspecified atom stereocenters. The number of nitrogens with zero attached hydrogens (tertiary/aromatic N) is 4. The summed E-state index contributed by atoms with van der Waals surface area (Å²) >= 11 is 1.87. The van der Waals surface area contributed by atoms with E-state index in [0.717, 1.165) is 50.4 Å². The Kier molecular flexibility index (Phi) is 7.58. The van der Waals surface area contributed by atoms with Crippen molar-refractivity contribution in [2.75, 3.05) is 25.9 Å². The predicted molar refractivity (Wildman–Crippen MR) is 131 cm³/mol. The van der Waals surface area contributed by atoms with Crippen molar-refractivity contribution < 1.29 is 31.5 Å². The van der Waals surface area contributed by atoms with Crippen molar-refractivity contribution in [3.63, 3.8) is 0 Å². The molecule has 0 radical (unpaired) electrons. The first kappa shape index (κ1) is 27.7. The molecule has 14 heteroatoms. The normalized spacial score (nSPS) is 19.7. The second-order valence-corrected chi connectivity index (χ2v) is 13.3. The quantitative estimate of drug-likeness (QED) is 0.611. The van der Waals surface area contributed by atoms with Crippen LogP contribution in [0.4, 0.5) is 13.2 Å². The van der Waals surface area contributed by atoms with Gasteiger partial charge in [-0.3, -0.25) is 14.3 Å². The molecule has 2 aromatic heterocycles. The number of piperidine rings is 1. The third-order valence-electron chi connectivity index (χ3n) is 7.19. The van der Waals surface area contributed by atoms with Crippen molar-refractivity contribution in [2.24, 2.45) is 5.41 Å². The summed E-state index contributed by atoms with van der Waals surface area (Å²) in [5.74, 6) is -1.86. The predicted octanol–water partition coefficient (Wildman–Crippen LogP) is 2.40. The maximum Gasteiger partial charge on any atom is 0.490 e. The van der Waals surface area contributed by atoms with Crippen LogP contribution in [0.3, 0.4) is 0 Å². The summed E-state index contributed by atoms with van der Waals surface area (Å²) in [5.41, 5.74) is 1.45. The molecule has 0 amide bonds. The number of aryl methyl sites for hydroxylation is 1. The van der Waals surface area contributed by atoms with Gasteiger partial charge < -0.3 is 5.11 Å². The fraction of sp³-hybridized carbons (Fsp3) is 0.609. The van der Waals surface area contributed by atoms with Gasteiger partial charge in [-0.15, -0.1) is 11.3 Å². The van der Waals surface area contributed by atoms with Gasteiger partial charge in [0.1, 0.15) is 5.82 Å². The van der Waals surface area contributed by atoms with Crippen molar-refractivity contribution in [3.8, 4) is 0 Å². The SMILES string of the molecule is Cc1ccc(CN2CCC3(CC2)Cc2nc4c(c(=O)n2C3)CN(S(C)(=O)=O)CC4)s1.O=C(O)C(F)(F)F. The molecule has 0 saturated carbocycles. The minimum Gasteiger partial charge on any atom is -0.475 e. The number of halogens is 3. The number of aliphatic carboxylic acids is 1. The zero-order valence-corrected chi connectivity index (χ0v) is 22.2. The first-order chi connectivity index (χ1) is 17.2. The van der Waals surface area contributed by atoms with E-state index in [-0.39, 0.29) is 17.5 Å². The Balaban J connectivity index is 0.000000405. The fourth-order valence-electron chi connectivity index (χ4n) is 5.16. The van der Waals surface area contributed by atoms with Crippen molar-refractivity contribution in [1.82, 2.24) is 18.8 Å². The van der Waals surface area contributed by atoms with E-state index in [9.17, 15) is 26.4 Å². The molecule has 0 atom stereocenters. The summed E-state index contributed by atoms with van der Waals surface area (Å²) in [6.07, 6.45) is -0.360. The molecule has 0 aromatic carbocycles. The maximum absolute atomic E-state index is 13.2. The lowest BCUT2D eigenvalue weighted by molar-refractivity contribution is -0.192. The highest BCUT2D eigenvalue weighted by Crippen LogP contribution is 2.41. The summed E-state index contributed by atoms with van der Waals surface area (Å²) < 4.78 is 58.8. The monoisotopic (exact) mass is 562 g/mol. The Hall–Kier alpha value is -2.29. The molecule has 3 aliphatic heterocycles. The van der Waals surface area contributed by atoms with Crippen LogP contribution >= 0.6 is 11.3 Å². The van der Waals surface area contributed by atoms with Gasteiger partial charge in [0, 0.05) is 48.8 Å². The van der Waals surface area contributed by atoms with Crippen LogP contribution in [0.25, 0.3) is 0 Å². The number of hydrogen-bond donors (Lipinski definition) is 1. The Morgan fingerprint density at radius 1 is 1.22 bits per heavy atom. The van der Waals surface area contributed by atoms with Crippen LogP contribution in [0.5, 0.6) is 0 Å². The van der Waals surface area contributed by atoms with Gasteiger partial charge in [-0.2, -0.15) is 17.5 Å². The van der Waals surface area contributed by atoms with Gasteiger partial charge >= 0.3 is 12.1 Å². The Bertz CT molecular complexity index is 1350. The molecule has 1 spiro atoms. The smallest absolute Gasteiger partial charge is 0.475 e. The summed E-state index contributed by atoms with van der Waals surface area (Å²) in [6.45, 7) is 6.52. The average Bonchev–Trinajstić information content (AvgIpc) is 3.37. The van der Waals surface area contributed by atoms with Gasteiger partial charge in [0.25, 0.3) is 5.56 Å². The molecule has 9 nitrogen and oxygen atoms in total. The first-order valence-electron chi connectivity index (χ1n) is 11.8. The lowest BCUT2D eigenvalue weighted by Gasteiger charge is -2.38. The van der Waals surface area contributed by atoms with E-state index >= 15 is 0 Å². The number of alkyl halides is 3. The van der Waals surface area contributed by atoms with Gasteiger partial charge in [0.05, 0.1) is 17.5 Å². The molecule has 204 valence electrons. The van der Waals surface area contributed by atoms with Crippen LogP contribution in [-0.2, 0) is 47.3 Å². The van der Waals surface area contributed by atoms with Crippen LogP contribution in [-0.4, -0.2) is 70.3 Å². The van der Waals surface area contributed by atoms with Gasteiger partial charge in [-0.1, -0.05) is 0 Å². The van der Waals surface area contributed by atoms with Crippen molar-refractivity contribution >= 4 is 27.3 Å². The molecule has 0 bridgehead atoms. The van der Waals surface area contributed by atoms with E-state index in [1.54, 1.807) is 0 Å². The zero-order valence-electron chi connectivity index (χ0n) is 20.5. The minimum absolute atomic E-state index is 0.0308. The van der Waals surface area contributed by atoms with Crippen LogP contribution in [0, 0.1) is 12.3 Å². The highest BCUT2D eigenvalue weighted by atomic mass is 32.2. The molecule has 3 aliphatic rings. The molecule has 1 saturated heterocycles. The standard InChI is InChI=1S/C21H28N4O3S2.C2HF3O2/c1-15-3-4-16(29-15)12-23-9-6-21(7-10-23)11-19-22-18-5-8-24(30(2,27)28)13-17(18)20(26)25(19)14-21;3-2(4,5)1(6)7/h3-4H,5-14H2,1-2H3;(H,6,7). The highest BCUT2D eigenvalue weighted by Gasteiger charge is 2.42. The van der Waals surface area contributed by atoms with Crippen molar-refractivity contribution in [2.45, 2.75) is 58.4 Å². The van der Waals surface area contributed by atoms with Crippen molar-refractivity contribution in [1.29, 1.82) is 0 Å². The van der Waals surface area contributed by atoms with Crippen LogP contribution < -0.4 is 5.56 Å². The fourth-order valence-corrected chi connectivity index (χ4v) is 6.88. The Morgan fingerprint density at radius 2 is 1.86 bits per heavy atom. The van der Waals surface area contributed by atoms with E-state index in [1.807, 2.05) is 15.9 Å². The number of rotatable bonds is 3. The average molecular weight is 563 g/mol.